The molecule has 1 aromatic carbocycles. The van der Waals surface area contributed by atoms with E-state index >= 15 is 0 Å². The van der Waals surface area contributed by atoms with Crippen LogP contribution in [-0.2, 0) is 12.8 Å². The predicted molar refractivity (Wildman–Crippen MR) is 83.0 cm³/mol. The Morgan fingerprint density at radius 2 is 1.25 bits per heavy atom. The minimum atomic E-state index is 0.146. The molecule has 0 aliphatic heterocycles. The van der Waals surface area contributed by atoms with Crippen LogP contribution in [0.5, 0.6) is 0 Å². The summed E-state index contributed by atoms with van der Waals surface area (Å²) in [6, 6.07) is 8.72. The van der Waals surface area contributed by atoms with Crippen LogP contribution >= 0.6 is 0 Å². The number of likely N-dealkylation sites (N-methyl/N-ethyl adjacent to an activating group) is 2. The first-order chi connectivity index (χ1) is 9.47. The third-order valence-electron chi connectivity index (χ3n) is 3.82. The van der Waals surface area contributed by atoms with E-state index in [1.165, 1.54) is 11.1 Å². The largest absolute Gasteiger partial charge is 0.395 e. The van der Waals surface area contributed by atoms with Gasteiger partial charge in [0.05, 0.1) is 13.2 Å². The third-order valence-corrected chi connectivity index (χ3v) is 3.82. The van der Waals surface area contributed by atoms with Crippen LogP contribution in [0.25, 0.3) is 0 Å². The van der Waals surface area contributed by atoms with Crippen LogP contribution in [0.15, 0.2) is 24.3 Å². The lowest BCUT2D eigenvalue weighted by atomic mass is 9.99. The molecule has 2 N–H and O–H groups in total. The molecule has 0 saturated heterocycles. The van der Waals surface area contributed by atoms with Gasteiger partial charge in [0.1, 0.15) is 0 Å². The molecule has 0 heterocycles. The average molecular weight is 280 g/mol. The quantitative estimate of drug-likeness (QED) is 0.733. The van der Waals surface area contributed by atoms with Crippen molar-refractivity contribution < 1.29 is 10.2 Å². The lowest BCUT2D eigenvalue weighted by molar-refractivity contribution is 0.168. The number of rotatable bonds is 8. The summed E-state index contributed by atoms with van der Waals surface area (Å²) in [4.78, 5) is 4.09. The summed E-state index contributed by atoms with van der Waals surface area (Å²) >= 11 is 0. The average Bonchev–Trinajstić information content (AvgIpc) is 2.41. The van der Waals surface area contributed by atoms with Gasteiger partial charge in [-0.25, -0.2) is 0 Å². The first kappa shape index (κ1) is 17.1. The van der Waals surface area contributed by atoms with E-state index in [-0.39, 0.29) is 25.3 Å². The highest BCUT2D eigenvalue weighted by Gasteiger charge is 2.13. The molecule has 20 heavy (non-hydrogen) atoms. The zero-order valence-corrected chi connectivity index (χ0v) is 13.1. The highest BCUT2D eigenvalue weighted by atomic mass is 16.3. The van der Waals surface area contributed by atoms with Gasteiger partial charge in [0.2, 0.25) is 0 Å². The summed E-state index contributed by atoms with van der Waals surface area (Å²) in [5.41, 5.74) is 2.45. The van der Waals surface area contributed by atoms with Crippen LogP contribution in [0.3, 0.4) is 0 Å². The molecular weight excluding hydrogens is 252 g/mol. The molecule has 0 unspecified atom stereocenters. The van der Waals surface area contributed by atoms with Crippen molar-refractivity contribution in [1.29, 1.82) is 0 Å². The Hall–Kier alpha value is -0.940. The van der Waals surface area contributed by atoms with Crippen molar-refractivity contribution >= 4 is 0 Å². The highest BCUT2D eigenvalue weighted by Crippen LogP contribution is 2.12. The third kappa shape index (κ3) is 5.21. The molecule has 114 valence electrons. The van der Waals surface area contributed by atoms with Gasteiger partial charge in [-0.15, -0.1) is 0 Å². The normalized spacial score (nSPS) is 14.8. The molecule has 2 atom stereocenters. The van der Waals surface area contributed by atoms with Crippen molar-refractivity contribution in [2.75, 3.05) is 41.4 Å². The lowest BCUT2D eigenvalue weighted by Crippen LogP contribution is -2.34. The Morgan fingerprint density at radius 1 is 0.850 bits per heavy atom. The van der Waals surface area contributed by atoms with Crippen LogP contribution < -0.4 is 0 Å². The van der Waals surface area contributed by atoms with Gasteiger partial charge in [0.25, 0.3) is 0 Å². The molecule has 4 nitrogen and oxygen atoms in total. The van der Waals surface area contributed by atoms with Crippen LogP contribution in [0.2, 0.25) is 0 Å². The topological polar surface area (TPSA) is 46.9 Å². The van der Waals surface area contributed by atoms with Gasteiger partial charge in [-0.05, 0) is 52.2 Å². The first-order valence-electron chi connectivity index (χ1n) is 7.10. The second-order valence-electron chi connectivity index (χ2n) is 5.83. The smallest absolute Gasteiger partial charge is 0.0589 e. The molecule has 0 aliphatic rings. The Balaban J connectivity index is 2.75. The Labute approximate surface area is 122 Å². The zero-order chi connectivity index (χ0) is 15.1. The monoisotopic (exact) mass is 280 g/mol. The van der Waals surface area contributed by atoms with E-state index in [0.717, 1.165) is 12.8 Å². The fourth-order valence-corrected chi connectivity index (χ4v) is 2.25. The number of hydrogen-bond donors (Lipinski definition) is 2. The summed E-state index contributed by atoms with van der Waals surface area (Å²) < 4.78 is 0. The molecule has 0 spiro atoms. The molecule has 0 radical (unpaired) electrons. The van der Waals surface area contributed by atoms with Crippen molar-refractivity contribution in [1.82, 2.24) is 9.80 Å². The van der Waals surface area contributed by atoms with E-state index in [9.17, 15) is 10.2 Å². The van der Waals surface area contributed by atoms with Gasteiger partial charge in [0.15, 0.2) is 0 Å². The number of benzene rings is 1. The SMILES string of the molecule is CN(C)[C@H](CO)Cc1cccc(C[C@@H](CO)N(C)C)c1. The maximum Gasteiger partial charge on any atom is 0.0589 e. The van der Waals surface area contributed by atoms with Crippen molar-refractivity contribution in [2.45, 2.75) is 24.9 Å². The molecule has 0 bridgehead atoms. The second kappa shape index (κ2) is 8.37. The molecule has 1 aromatic rings. The minimum absolute atomic E-state index is 0.146. The minimum Gasteiger partial charge on any atom is -0.395 e. The van der Waals surface area contributed by atoms with E-state index in [0.29, 0.717) is 0 Å². The van der Waals surface area contributed by atoms with Gasteiger partial charge in [-0.2, -0.15) is 0 Å². The predicted octanol–water partition coefficient (Wildman–Crippen LogP) is 0.617. The Bertz CT molecular complexity index is 361. The van der Waals surface area contributed by atoms with Crippen molar-refractivity contribution in [2.24, 2.45) is 0 Å². The Kier molecular flexibility index (Phi) is 7.16. The van der Waals surface area contributed by atoms with E-state index in [1.807, 2.05) is 38.0 Å². The summed E-state index contributed by atoms with van der Waals surface area (Å²) in [6.45, 7) is 0.322. The summed E-state index contributed by atoms with van der Waals surface area (Å²) in [5.74, 6) is 0. The van der Waals surface area contributed by atoms with E-state index < -0.39 is 0 Å². The fraction of sp³-hybridized carbons (Fsp3) is 0.625. The first-order valence-corrected chi connectivity index (χ1v) is 7.10. The molecule has 0 aliphatic carbocycles. The number of aliphatic hydroxyl groups is 2. The van der Waals surface area contributed by atoms with Gasteiger partial charge >= 0.3 is 0 Å². The molecular formula is C16H28N2O2. The van der Waals surface area contributed by atoms with Gasteiger partial charge in [0, 0.05) is 12.1 Å². The van der Waals surface area contributed by atoms with E-state index in [4.69, 9.17) is 0 Å². The maximum atomic E-state index is 9.40. The van der Waals surface area contributed by atoms with Crippen LogP contribution in [0, 0.1) is 0 Å². The summed E-state index contributed by atoms with van der Waals surface area (Å²) in [5, 5.41) is 18.8. The number of aliphatic hydroxyl groups excluding tert-OH is 2. The van der Waals surface area contributed by atoms with E-state index in [2.05, 4.69) is 24.3 Å². The Morgan fingerprint density at radius 3 is 1.55 bits per heavy atom. The van der Waals surface area contributed by atoms with Crippen LogP contribution in [0.4, 0.5) is 0 Å². The van der Waals surface area contributed by atoms with Gasteiger partial charge in [-0.3, -0.25) is 0 Å². The summed E-state index contributed by atoms with van der Waals surface area (Å²) in [7, 11) is 7.94. The van der Waals surface area contributed by atoms with E-state index in [1.54, 1.807) is 0 Å². The van der Waals surface area contributed by atoms with Gasteiger partial charge in [-0.1, -0.05) is 24.3 Å². The maximum absolute atomic E-state index is 9.40. The molecule has 0 fully saturated rings. The second-order valence-corrected chi connectivity index (χ2v) is 5.83. The molecule has 0 amide bonds. The fourth-order valence-electron chi connectivity index (χ4n) is 2.25. The summed E-state index contributed by atoms with van der Waals surface area (Å²) in [6.07, 6.45) is 1.67. The van der Waals surface area contributed by atoms with Crippen LogP contribution in [-0.4, -0.2) is 73.5 Å². The molecule has 1 rings (SSSR count). The van der Waals surface area contributed by atoms with Crippen molar-refractivity contribution in [3.63, 3.8) is 0 Å². The molecule has 0 aromatic heterocycles. The number of nitrogens with zero attached hydrogens (tertiary/aromatic N) is 2. The number of hydrogen-bond acceptors (Lipinski definition) is 4. The standard InChI is InChI=1S/C16H28N2O2/c1-17(2)15(11-19)9-13-6-5-7-14(8-13)10-16(12-20)18(3)4/h5-8,15-16,19-20H,9-12H2,1-4H3/t15-,16-/m0/s1. The molecule has 4 heteroatoms. The molecule has 0 saturated carbocycles. The van der Waals surface area contributed by atoms with Crippen LogP contribution in [0.1, 0.15) is 11.1 Å². The highest BCUT2D eigenvalue weighted by molar-refractivity contribution is 5.25. The zero-order valence-electron chi connectivity index (χ0n) is 13.1. The lowest BCUT2D eigenvalue weighted by Gasteiger charge is -2.24. The van der Waals surface area contributed by atoms with Crippen molar-refractivity contribution in [3.05, 3.63) is 35.4 Å². The van der Waals surface area contributed by atoms with Crippen molar-refractivity contribution in [3.8, 4) is 0 Å². The van der Waals surface area contributed by atoms with Gasteiger partial charge < -0.3 is 20.0 Å².